The van der Waals surface area contributed by atoms with E-state index in [1.54, 1.807) is 6.07 Å². The molecule has 0 aliphatic rings. The van der Waals surface area contributed by atoms with Gasteiger partial charge in [-0.1, -0.05) is 127 Å². The molecule has 0 amide bonds. The molecule has 0 radical (unpaired) electrons. The predicted octanol–water partition coefficient (Wildman–Crippen LogP) is 12.4. The van der Waals surface area contributed by atoms with Crippen LogP contribution < -0.4 is 0 Å². The maximum atomic E-state index is 10.9. The van der Waals surface area contributed by atoms with Gasteiger partial charge < -0.3 is 5.11 Å². The van der Waals surface area contributed by atoms with E-state index in [2.05, 4.69) is 169 Å². The Morgan fingerprint density at radius 2 is 0.981 bits per heavy atom. The fourth-order valence-corrected chi connectivity index (χ4v) is 7.16. The minimum Gasteiger partial charge on any atom is -0.507 e. The molecule has 53 heavy (non-hydrogen) atoms. The Morgan fingerprint density at radius 1 is 0.415 bits per heavy atom. The number of pyridine rings is 2. The summed E-state index contributed by atoms with van der Waals surface area (Å²) in [5.74, 6) is 0.197. The van der Waals surface area contributed by atoms with E-state index in [0.29, 0.717) is 11.3 Å². The van der Waals surface area contributed by atoms with Crippen LogP contribution in [-0.4, -0.2) is 19.5 Å². The Bertz CT molecular complexity index is 2690. The number of aromatic nitrogens is 3. The van der Waals surface area contributed by atoms with Gasteiger partial charge in [-0.3, -0.25) is 4.40 Å². The van der Waals surface area contributed by atoms with Crippen LogP contribution in [0.1, 0.15) is 5.56 Å². The number of phenols is 1. The van der Waals surface area contributed by atoms with Gasteiger partial charge in [0.15, 0.2) is 0 Å². The minimum atomic E-state index is 0.197. The molecule has 0 bridgehead atoms. The fourth-order valence-electron chi connectivity index (χ4n) is 7.16. The molecule has 9 rings (SSSR count). The Morgan fingerprint density at radius 3 is 1.72 bits per heavy atom. The van der Waals surface area contributed by atoms with Gasteiger partial charge in [0, 0.05) is 28.5 Å². The standard InChI is InChI=1S/C49H35N3O/c1-33-14-12-19-36(26-33)41-31-44(50-45(32-41)43-22-8-9-23-46(43)53)37-20-13-21-38(27-37)48-49(52-25-11-10-24-47(52)51-48)42-29-39(34-15-4-2-5-16-34)28-40(30-42)35-17-6-3-7-18-35/h2-32,53H,1H3. The molecule has 4 nitrogen and oxygen atoms in total. The average Bonchev–Trinajstić information content (AvgIpc) is 3.61. The smallest absolute Gasteiger partial charge is 0.137 e. The van der Waals surface area contributed by atoms with E-state index in [-0.39, 0.29) is 5.75 Å². The van der Waals surface area contributed by atoms with E-state index in [4.69, 9.17) is 9.97 Å². The number of hydrogen-bond acceptors (Lipinski definition) is 3. The van der Waals surface area contributed by atoms with E-state index in [0.717, 1.165) is 72.8 Å². The van der Waals surface area contributed by atoms with Crippen molar-refractivity contribution >= 4 is 5.65 Å². The number of para-hydroxylation sites is 1. The van der Waals surface area contributed by atoms with Gasteiger partial charge in [0.05, 0.1) is 22.8 Å². The lowest BCUT2D eigenvalue weighted by atomic mass is 9.93. The molecule has 252 valence electrons. The second kappa shape index (κ2) is 13.6. The van der Waals surface area contributed by atoms with Crippen molar-refractivity contribution in [2.45, 2.75) is 6.92 Å². The second-order valence-electron chi connectivity index (χ2n) is 13.4. The highest BCUT2D eigenvalue weighted by molar-refractivity contribution is 5.89. The van der Waals surface area contributed by atoms with Crippen LogP contribution in [0.15, 0.2) is 188 Å². The first-order valence-corrected chi connectivity index (χ1v) is 17.8. The van der Waals surface area contributed by atoms with E-state index in [9.17, 15) is 5.11 Å². The monoisotopic (exact) mass is 681 g/mol. The van der Waals surface area contributed by atoms with Crippen LogP contribution >= 0.6 is 0 Å². The van der Waals surface area contributed by atoms with E-state index in [1.807, 2.05) is 24.3 Å². The first kappa shape index (κ1) is 31.9. The molecule has 0 spiro atoms. The number of hydrogen-bond donors (Lipinski definition) is 1. The van der Waals surface area contributed by atoms with Crippen LogP contribution in [0, 0.1) is 6.92 Å². The molecule has 0 unspecified atom stereocenters. The molecule has 4 heteroatoms. The molecule has 0 saturated heterocycles. The first-order valence-electron chi connectivity index (χ1n) is 17.8. The van der Waals surface area contributed by atoms with Crippen LogP contribution in [0.25, 0.3) is 84.1 Å². The Labute approximate surface area is 309 Å². The van der Waals surface area contributed by atoms with E-state index < -0.39 is 0 Å². The molecule has 3 aromatic heterocycles. The number of aryl methyl sites for hydroxylation is 1. The third-order valence-electron chi connectivity index (χ3n) is 9.74. The largest absolute Gasteiger partial charge is 0.507 e. The number of imidazole rings is 1. The SMILES string of the molecule is Cc1cccc(-c2cc(-c3cccc(-c4nc5ccccn5c4-c4cc(-c5ccccc5)cc(-c5ccccc5)c4)c3)nc(-c3ccccc3O)c2)c1. The Balaban J connectivity index is 1.24. The van der Waals surface area contributed by atoms with E-state index in [1.165, 1.54) is 5.56 Å². The number of fused-ring (bicyclic) bond motifs is 1. The van der Waals surface area contributed by atoms with Crippen molar-refractivity contribution < 1.29 is 5.11 Å². The second-order valence-corrected chi connectivity index (χ2v) is 13.4. The average molecular weight is 682 g/mol. The minimum absolute atomic E-state index is 0.197. The van der Waals surface area contributed by atoms with Gasteiger partial charge in [0.1, 0.15) is 11.4 Å². The van der Waals surface area contributed by atoms with Crippen LogP contribution in [0.2, 0.25) is 0 Å². The molecule has 9 aromatic rings. The summed E-state index contributed by atoms with van der Waals surface area (Å²) in [5.41, 5.74) is 15.9. The Hall–Kier alpha value is -7.04. The molecule has 1 N–H and O–H groups in total. The summed E-state index contributed by atoms with van der Waals surface area (Å²) in [6.45, 7) is 2.10. The summed E-state index contributed by atoms with van der Waals surface area (Å²) in [4.78, 5) is 10.4. The molecule has 3 heterocycles. The van der Waals surface area contributed by atoms with Gasteiger partial charge in [-0.15, -0.1) is 0 Å². The molecule has 0 fully saturated rings. The summed E-state index contributed by atoms with van der Waals surface area (Å²) in [7, 11) is 0. The summed E-state index contributed by atoms with van der Waals surface area (Å²) in [5, 5.41) is 10.9. The first-order chi connectivity index (χ1) is 26.1. The fraction of sp³-hybridized carbons (Fsp3) is 0.0204. The van der Waals surface area contributed by atoms with Crippen molar-refractivity contribution in [2.24, 2.45) is 0 Å². The molecule has 0 saturated carbocycles. The van der Waals surface area contributed by atoms with Crippen molar-refractivity contribution in [3.8, 4) is 84.2 Å². The number of aromatic hydroxyl groups is 1. The maximum Gasteiger partial charge on any atom is 0.137 e. The lowest BCUT2D eigenvalue weighted by Crippen LogP contribution is -1.93. The molecule has 0 atom stereocenters. The maximum absolute atomic E-state index is 10.9. The lowest BCUT2D eigenvalue weighted by molar-refractivity contribution is 0.477. The molecule has 0 aliphatic carbocycles. The van der Waals surface area contributed by atoms with Crippen LogP contribution in [0.3, 0.4) is 0 Å². The Kier molecular flexibility index (Phi) is 8.18. The number of phenolic OH excluding ortho intramolecular Hbond substituents is 1. The van der Waals surface area contributed by atoms with Crippen molar-refractivity contribution in [1.82, 2.24) is 14.4 Å². The third kappa shape index (κ3) is 6.28. The lowest BCUT2D eigenvalue weighted by Gasteiger charge is -2.14. The van der Waals surface area contributed by atoms with Gasteiger partial charge in [-0.05, 0) is 101 Å². The normalized spacial score (nSPS) is 11.2. The predicted molar refractivity (Wildman–Crippen MR) is 217 cm³/mol. The molecular weight excluding hydrogens is 647 g/mol. The van der Waals surface area contributed by atoms with Gasteiger partial charge in [-0.2, -0.15) is 0 Å². The summed E-state index contributed by atoms with van der Waals surface area (Å²) >= 11 is 0. The summed E-state index contributed by atoms with van der Waals surface area (Å²) in [6.07, 6.45) is 2.09. The van der Waals surface area contributed by atoms with Crippen LogP contribution in [0.4, 0.5) is 0 Å². The summed E-state index contributed by atoms with van der Waals surface area (Å²) in [6, 6.07) is 62.6. The topological polar surface area (TPSA) is 50.4 Å². The zero-order valence-electron chi connectivity index (χ0n) is 29.2. The zero-order chi connectivity index (χ0) is 35.7. The zero-order valence-corrected chi connectivity index (χ0v) is 29.2. The highest BCUT2D eigenvalue weighted by atomic mass is 16.3. The van der Waals surface area contributed by atoms with E-state index >= 15 is 0 Å². The number of rotatable bonds is 7. The molecule has 6 aromatic carbocycles. The number of nitrogens with zero attached hydrogens (tertiary/aromatic N) is 3. The van der Waals surface area contributed by atoms with Crippen molar-refractivity contribution in [3.63, 3.8) is 0 Å². The van der Waals surface area contributed by atoms with Gasteiger partial charge in [0.2, 0.25) is 0 Å². The van der Waals surface area contributed by atoms with Crippen molar-refractivity contribution in [2.75, 3.05) is 0 Å². The van der Waals surface area contributed by atoms with Crippen molar-refractivity contribution in [1.29, 1.82) is 0 Å². The molecule has 0 aliphatic heterocycles. The van der Waals surface area contributed by atoms with Crippen LogP contribution in [-0.2, 0) is 0 Å². The highest BCUT2D eigenvalue weighted by Crippen LogP contribution is 2.40. The highest BCUT2D eigenvalue weighted by Gasteiger charge is 2.19. The van der Waals surface area contributed by atoms with Gasteiger partial charge in [0.25, 0.3) is 0 Å². The van der Waals surface area contributed by atoms with Gasteiger partial charge in [-0.25, -0.2) is 9.97 Å². The summed E-state index contributed by atoms with van der Waals surface area (Å²) < 4.78 is 2.19. The van der Waals surface area contributed by atoms with Crippen LogP contribution in [0.5, 0.6) is 5.75 Å². The number of benzene rings is 6. The van der Waals surface area contributed by atoms with Gasteiger partial charge >= 0.3 is 0 Å². The quantitative estimate of drug-likeness (QED) is 0.182. The molecular formula is C49H35N3O. The third-order valence-corrected chi connectivity index (χ3v) is 9.74. The van der Waals surface area contributed by atoms with Crippen molar-refractivity contribution in [3.05, 3.63) is 194 Å².